The summed E-state index contributed by atoms with van der Waals surface area (Å²) in [6, 6.07) is 3.76. The molecule has 1 fully saturated rings. The van der Waals surface area contributed by atoms with Crippen LogP contribution in [0.15, 0.2) is 23.3 Å². The lowest BCUT2D eigenvalue weighted by Gasteiger charge is -2.31. The summed E-state index contributed by atoms with van der Waals surface area (Å²) in [5.74, 6) is -0.836. The first-order valence-electron chi connectivity index (χ1n) is 5.21. The van der Waals surface area contributed by atoms with Gasteiger partial charge in [-0.2, -0.15) is 0 Å². The smallest absolute Gasteiger partial charge is 0.323 e. The van der Waals surface area contributed by atoms with Crippen LogP contribution in [0.4, 0.5) is 5.69 Å². The highest BCUT2D eigenvalue weighted by molar-refractivity contribution is 5.77. The quantitative estimate of drug-likeness (QED) is 0.806. The summed E-state index contributed by atoms with van der Waals surface area (Å²) in [5, 5.41) is 8.85. The predicted octanol–water partition coefficient (Wildman–Crippen LogP) is 1.13. The Hall–Kier alpha value is -1.91. The average Bonchev–Trinajstić information content (AvgIpc) is 3.04. The van der Waals surface area contributed by atoms with E-state index < -0.39 is 5.97 Å². The van der Waals surface area contributed by atoms with Gasteiger partial charge >= 0.3 is 5.97 Å². The zero-order valence-electron chi connectivity index (χ0n) is 8.63. The molecule has 3 rings (SSSR count). The zero-order valence-corrected chi connectivity index (χ0v) is 8.63. The van der Waals surface area contributed by atoms with E-state index in [0.717, 1.165) is 24.2 Å². The van der Waals surface area contributed by atoms with Gasteiger partial charge in [-0.3, -0.25) is 9.78 Å². The molecule has 16 heavy (non-hydrogen) atoms. The van der Waals surface area contributed by atoms with Crippen LogP contribution < -0.4 is 0 Å². The first-order valence-corrected chi connectivity index (χ1v) is 5.21. The van der Waals surface area contributed by atoms with Crippen LogP contribution >= 0.6 is 0 Å². The van der Waals surface area contributed by atoms with Crippen molar-refractivity contribution in [2.75, 3.05) is 6.54 Å². The maximum atomic E-state index is 10.8. The van der Waals surface area contributed by atoms with Crippen LogP contribution in [0.25, 0.3) is 0 Å². The van der Waals surface area contributed by atoms with E-state index >= 15 is 0 Å². The summed E-state index contributed by atoms with van der Waals surface area (Å²) in [4.78, 5) is 21.1. The Kier molecular flexibility index (Phi) is 1.77. The molecular weight excluding hydrogens is 206 g/mol. The van der Waals surface area contributed by atoms with Crippen LogP contribution in [0.3, 0.4) is 0 Å². The molecular formula is C11H11N3O2. The van der Waals surface area contributed by atoms with Crippen molar-refractivity contribution in [3.8, 4) is 0 Å². The number of aliphatic carboxylic acids is 1. The van der Waals surface area contributed by atoms with E-state index in [-0.39, 0.29) is 12.1 Å². The molecule has 0 aromatic carbocycles. The second-order valence-electron chi connectivity index (χ2n) is 4.17. The number of hydrogen-bond donors (Lipinski definition) is 1. The molecule has 1 aromatic heterocycles. The topological polar surface area (TPSA) is 65.8 Å². The Balaban J connectivity index is 2.02. The van der Waals surface area contributed by atoms with Gasteiger partial charge < -0.3 is 10.0 Å². The average molecular weight is 217 g/mol. The van der Waals surface area contributed by atoms with Crippen molar-refractivity contribution in [3.63, 3.8) is 0 Å². The summed E-state index contributed by atoms with van der Waals surface area (Å²) in [7, 11) is 0. The lowest BCUT2D eigenvalue weighted by atomic mass is 10.1. The second-order valence-corrected chi connectivity index (χ2v) is 4.17. The van der Waals surface area contributed by atoms with Gasteiger partial charge in [-0.15, -0.1) is 0 Å². The molecule has 0 bridgehead atoms. The molecule has 0 atom stereocenters. The molecule has 1 aromatic rings. The highest BCUT2D eigenvalue weighted by atomic mass is 16.4. The molecule has 82 valence electrons. The molecule has 1 aliphatic carbocycles. The van der Waals surface area contributed by atoms with Crippen molar-refractivity contribution in [1.29, 1.82) is 0 Å². The number of pyridine rings is 1. The van der Waals surface area contributed by atoms with Crippen molar-refractivity contribution in [1.82, 2.24) is 9.88 Å². The Morgan fingerprint density at radius 2 is 2.38 bits per heavy atom. The third kappa shape index (κ3) is 1.21. The van der Waals surface area contributed by atoms with E-state index in [1.807, 2.05) is 12.1 Å². The number of aromatic nitrogens is 1. The Morgan fingerprint density at radius 3 is 3.06 bits per heavy atom. The first-order chi connectivity index (χ1) is 7.72. The normalized spacial score (nSPS) is 19.6. The SMILES string of the molecule is O=C(O)CN1C=Nc2cccnc2C12CC2. The van der Waals surface area contributed by atoms with Crippen molar-refractivity contribution >= 4 is 18.0 Å². The number of rotatable bonds is 2. The molecule has 2 aliphatic rings. The largest absolute Gasteiger partial charge is 0.480 e. The lowest BCUT2D eigenvalue weighted by Crippen LogP contribution is -2.40. The van der Waals surface area contributed by atoms with Gasteiger partial charge in [0.05, 0.1) is 23.3 Å². The fourth-order valence-electron chi connectivity index (χ4n) is 2.22. The van der Waals surface area contributed by atoms with Crippen molar-refractivity contribution < 1.29 is 9.90 Å². The predicted molar refractivity (Wildman–Crippen MR) is 57.6 cm³/mol. The molecule has 2 heterocycles. The molecule has 0 unspecified atom stereocenters. The fraction of sp³-hybridized carbons (Fsp3) is 0.364. The van der Waals surface area contributed by atoms with Crippen LogP contribution in [0.1, 0.15) is 18.5 Å². The monoisotopic (exact) mass is 217 g/mol. The molecule has 5 nitrogen and oxygen atoms in total. The number of aliphatic imine (C=N–C) groups is 1. The molecule has 0 radical (unpaired) electrons. The minimum Gasteiger partial charge on any atom is -0.480 e. The zero-order chi connectivity index (χ0) is 11.2. The molecule has 1 aliphatic heterocycles. The van der Waals surface area contributed by atoms with Crippen molar-refractivity contribution in [2.45, 2.75) is 18.4 Å². The third-order valence-electron chi connectivity index (χ3n) is 3.14. The van der Waals surface area contributed by atoms with E-state index in [2.05, 4.69) is 9.98 Å². The number of carboxylic acid groups (broad SMARTS) is 1. The van der Waals surface area contributed by atoms with Crippen molar-refractivity contribution in [2.24, 2.45) is 4.99 Å². The molecule has 1 spiro atoms. The summed E-state index contributed by atoms with van der Waals surface area (Å²) in [6.07, 6.45) is 5.27. The van der Waals surface area contributed by atoms with Gasteiger partial charge in [0.1, 0.15) is 6.54 Å². The summed E-state index contributed by atoms with van der Waals surface area (Å²) in [6.45, 7) is -0.0144. The maximum absolute atomic E-state index is 10.8. The van der Waals surface area contributed by atoms with Crippen molar-refractivity contribution in [3.05, 3.63) is 24.0 Å². The fourth-order valence-corrected chi connectivity index (χ4v) is 2.22. The minimum absolute atomic E-state index is 0.0144. The van der Waals surface area contributed by atoms with E-state index in [1.165, 1.54) is 0 Å². The number of hydrogen-bond acceptors (Lipinski definition) is 4. The Morgan fingerprint density at radius 1 is 1.56 bits per heavy atom. The van der Waals surface area contributed by atoms with E-state index in [1.54, 1.807) is 17.4 Å². The molecule has 5 heteroatoms. The molecule has 0 saturated heterocycles. The van der Waals surface area contributed by atoms with Gasteiger partial charge in [-0.05, 0) is 25.0 Å². The summed E-state index contributed by atoms with van der Waals surface area (Å²) in [5.41, 5.74) is 1.58. The number of carboxylic acids is 1. The van der Waals surface area contributed by atoms with Gasteiger partial charge in [0.25, 0.3) is 0 Å². The van der Waals surface area contributed by atoms with E-state index in [4.69, 9.17) is 5.11 Å². The van der Waals surface area contributed by atoms with Gasteiger partial charge in [0, 0.05) is 6.20 Å². The summed E-state index contributed by atoms with van der Waals surface area (Å²) >= 11 is 0. The number of nitrogens with zero attached hydrogens (tertiary/aromatic N) is 3. The van der Waals surface area contributed by atoms with Gasteiger partial charge in [-0.1, -0.05) is 0 Å². The van der Waals surface area contributed by atoms with Gasteiger partial charge in [0.15, 0.2) is 0 Å². The van der Waals surface area contributed by atoms with Crippen LogP contribution in [0, 0.1) is 0 Å². The highest BCUT2D eigenvalue weighted by Gasteiger charge is 2.53. The number of carbonyl (C=O) groups is 1. The van der Waals surface area contributed by atoms with Crippen LogP contribution in [0.2, 0.25) is 0 Å². The van der Waals surface area contributed by atoms with E-state index in [0.29, 0.717) is 0 Å². The molecule has 1 saturated carbocycles. The van der Waals surface area contributed by atoms with Gasteiger partial charge in [0.2, 0.25) is 0 Å². The standard InChI is InChI=1S/C11H11N3O2/c15-9(16)6-14-7-13-8-2-1-5-12-10(8)11(14)3-4-11/h1-2,5,7H,3-4,6H2,(H,15,16). The highest BCUT2D eigenvalue weighted by Crippen LogP contribution is 2.53. The van der Waals surface area contributed by atoms with Gasteiger partial charge in [-0.25, -0.2) is 4.99 Å². The Labute approximate surface area is 92.4 Å². The van der Waals surface area contributed by atoms with Crippen LogP contribution in [-0.2, 0) is 10.3 Å². The first kappa shape index (κ1) is 9.33. The lowest BCUT2D eigenvalue weighted by molar-refractivity contribution is -0.137. The third-order valence-corrected chi connectivity index (χ3v) is 3.14. The van der Waals surface area contributed by atoms with E-state index in [9.17, 15) is 4.79 Å². The van der Waals surface area contributed by atoms with Crippen LogP contribution in [-0.4, -0.2) is 33.8 Å². The maximum Gasteiger partial charge on any atom is 0.323 e. The second kappa shape index (κ2) is 3.04. The molecule has 1 N–H and O–H groups in total. The minimum atomic E-state index is -0.836. The molecule has 0 amide bonds. The Bertz CT molecular complexity index is 480. The number of fused-ring (bicyclic) bond motifs is 2. The summed E-state index contributed by atoms with van der Waals surface area (Å²) < 4.78 is 0. The van der Waals surface area contributed by atoms with Crippen LogP contribution in [0.5, 0.6) is 0 Å².